The third-order valence-electron chi connectivity index (χ3n) is 1.40. The number of benzene rings is 1. The van der Waals surface area contributed by atoms with Gasteiger partial charge in [0, 0.05) is 0 Å². The number of Topliss-reactive ketones (excluding diaryl/α,β-unsaturated/α-hetero) is 1. The smallest absolute Gasteiger partial charge is 0.228 e. The fourth-order valence-corrected chi connectivity index (χ4v) is 1.37. The molecule has 1 aromatic rings. The van der Waals surface area contributed by atoms with Gasteiger partial charge < -0.3 is 0 Å². The maximum absolute atomic E-state index is 12.8. The third-order valence-corrected chi connectivity index (χ3v) is 2.08. The summed E-state index contributed by atoms with van der Waals surface area (Å²) < 4.78 is 12.8. The Labute approximate surface area is 83.3 Å². The molecule has 1 rings (SSSR count). The summed E-state index contributed by atoms with van der Waals surface area (Å²) in [5.41, 5.74) is -0.293. The van der Waals surface area contributed by atoms with Crippen molar-refractivity contribution >= 4 is 35.3 Å². The highest BCUT2D eigenvalue weighted by molar-refractivity contribution is 6.46. The van der Waals surface area contributed by atoms with E-state index in [2.05, 4.69) is 0 Å². The van der Waals surface area contributed by atoms with Crippen LogP contribution in [0, 0.1) is 5.82 Å². The van der Waals surface area contributed by atoms with E-state index in [4.69, 9.17) is 23.2 Å². The Bertz CT molecular complexity index is 377. The van der Waals surface area contributed by atoms with E-state index in [0.29, 0.717) is 0 Å². The van der Waals surface area contributed by atoms with Gasteiger partial charge in [-0.15, -0.1) is 0 Å². The minimum atomic E-state index is -0.936. The highest BCUT2D eigenvalue weighted by Gasteiger charge is 2.16. The first-order chi connectivity index (χ1) is 6.07. The second-order valence-corrected chi connectivity index (χ2v) is 2.99. The van der Waals surface area contributed by atoms with Crippen molar-refractivity contribution in [3.63, 3.8) is 0 Å². The van der Waals surface area contributed by atoms with Crippen molar-refractivity contribution in [2.24, 2.45) is 0 Å². The van der Waals surface area contributed by atoms with Crippen LogP contribution in [0.4, 0.5) is 4.39 Å². The Kier molecular flexibility index (Phi) is 3.01. The first-order valence-corrected chi connectivity index (χ1v) is 3.96. The molecule has 1 aromatic carbocycles. The van der Waals surface area contributed by atoms with Crippen LogP contribution in [-0.2, 0) is 4.79 Å². The summed E-state index contributed by atoms with van der Waals surface area (Å²) in [4.78, 5) is 21.0. The molecule has 13 heavy (non-hydrogen) atoms. The Hall–Kier alpha value is -0.930. The zero-order chi connectivity index (χ0) is 10.0. The second kappa shape index (κ2) is 3.85. The van der Waals surface area contributed by atoms with Crippen LogP contribution in [0.3, 0.4) is 0 Å². The van der Waals surface area contributed by atoms with Gasteiger partial charge in [-0.25, -0.2) is 4.39 Å². The van der Waals surface area contributed by atoms with Gasteiger partial charge in [0.2, 0.25) is 5.78 Å². The highest BCUT2D eigenvalue weighted by Crippen LogP contribution is 2.26. The minimum absolute atomic E-state index is 0.0343. The zero-order valence-corrected chi connectivity index (χ0v) is 7.69. The lowest BCUT2D eigenvalue weighted by Crippen LogP contribution is -2.03. The molecule has 0 aliphatic heterocycles. The molecule has 0 heterocycles. The summed E-state index contributed by atoms with van der Waals surface area (Å²) in [6, 6.07) is 2.19. The summed E-state index contributed by atoms with van der Waals surface area (Å²) in [6.07, 6.45) is 0.0343. The van der Waals surface area contributed by atoms with E-state index in [1.165, 1.54) is 6.07 Å². The number of carbonyl (C=O) groups is 2. The van der Waals surface area contributed by atoms with Crippen molar-refractivity contribution in [3.05, 3.63) is 33.6 Å². The van der Waals surface area contributed by atoms with Crippen LogP contribution >= 0.6 is 23.2 Å². The van der Waals surface area contributed by atoms with E-state index in [9.17, 15) is 14.0 Å². The number of rotatable bonds is 2. The van der Waals surface area contributed by atoms with Crippen LogP contribution in [-0.4, -0.2) is 12.1 Å². The zero-order valence-electron chi connectivity index (χ0n) is 6.18. The molecule has 0 saturated carbocycles. The van der Waals surface area contributed by atoms with Crippen molar-refractivity contribution < 1.29 is 14.0 Å². The molecule has 0 aromatic heterocycles. The van der Waals surface area contributed by atoms with Gasteiger partial charge >= 0.3 is 0 Å². The van der Waals surface area contributed by atoms with Gasteiger partial charge in [0.25, 0.3) is 0 Å². The van der Waals surface area contributed by atoms with Gasteiger partial charge in [-0.05, 0) is 12.1 Å². The molecule has 0 fully saturated rings. The van der Waals surface area contributed by atoms with Crippen molar-refractivity contribution in [1.29, 1.82) is 0 Å². The molecule has 0 radical (unpaired) electrons. The largest absolute Gasteiger partial charge is 0.294 e. The van der Waals surface area contributed by atoms with E-state index in [0.717, 1.165) is 6.07 Å². The van der Waals surface area contributed by atoms with Crippen molar-refractivity contribution in [2.45, 2.75) is 0 Å². The van der Waals surface area contributed by atoms with Crippen LogP contribution in [0.2, 0.25) is 10.0 Å². The van der Waals surface area contributed by atoms with Crippen LogP contribution in [0.5, 0.6) is 0 Å². The predicted molar refractivity (Wildman–Crippen MR) is 46.8 cm³/mol. The van der Waals surface area contributed by atoms with Crippen molar-refractivity contribution in [2.75, 3.05) is 0 Å². The lowest BCUT2D eigenvalue weighted by Gasteiger charge is -2.01. The lowest BCUT2D eigenvalue weighted by atomic mass is 10.1. The van der Waals surface area contributed by atoms with Gasteiger partial charge in [0.1, 0.15) is 5.82 Å². The summed E-state index contributed by atoms with van der Waals surface area (Å²) in [5.74, 6) is -1.72. The SMILES string of the molecule is O=CC(=O)c1c(Cl)ccc(F)c1Cl. The molecule has 2 nitrogen and oxygen atoms in total. The Balaban J connectivity index is 3.41. The summed E-state index contributed by atoms with van der Waals surface area (Å²) in [6.45, 7) is 0. The average Bonchev–Trinajstić information content (AvgIpc) is 2.12. The Morgan fingerprint density at radius 3 is 2.54 bits per heavy atom. The quantitative estimate of drug-likeness (QED) is 0.332. The number of carbonyl (C=O) groups excluding carboxylic acids is 2. The predicted octanol–water partition coefficient (Wildman–Crippen LogP) is 2.51. The fourth-order valence-electron chi connectivity index (χ4n) is 0.812. The topological polar surface area (TPSA) is 34.1 Å². The maximum Gasteiger partial charge on any atom is 0.228 e. The van der Waals surface area contributed by atoms with Crippen LogP contribution in [0.15, 0.2) is 12.1 Å². The number of aldehydes is 1. The molecule has 0 aliphatic rings. The average molecular weight is 221 g/mol. The van der Waals surface area contributed by atoms with Crippen LogP contribution in [0.25, 0.3) is 0 Å². The number of hydrogen-bond donors (Lipinski definition) is 0. The van der Waals surface area contributed by atoms with Gasteiger partial charge in [-0.2, -0.15) is 0 Å². The van der Waals surface area contributed by atoms with Gasteiger partial charge in [0.15, 0.2) is 6.29 Å². The molecule has 0 amide bonds. The molecule has 0 atom stereocenters. The Morgan fingerprint density at radius 1 is 1.38 bits per heavy atom. The maximum atomic E-state index is 12.8. The monoisotopic (exact) mass is 220 g/mol. The van der Waals surface area contributed by atoms with Crippen LogP contribution in [0.1, 0.15) is 10.4 Å². The van der Waals surface area contributed by atoms with Gasteiger partial charge in [0.05, 0.1) is 15.6 Å². The minimum Gasteiger partial charge on any atom is -0.294 e. The standard InChI is InChI=1S/C8H3Cl2FO2/c9-4-1-2-5(11)8(10)7(4)6(13)3-12/h1-3H. The molecule has 0 aliphatic carbocycles. The molecule has 0 saturated heterocycles. The number of halogens is 3. The van der Waals surface area contributed by atoms with Gasteiger partial charge in [-0.1, -0.05) is 23.2 Å². The summed E-state index contributed by atoms with van der Waals surface area (Å²) >= 11 is 11.0. The fraction of sp³-hybridized carbons (Fsp3) is 0. The molecule has 0 N–H and O–H groups in total. The summed E-state index contributed by atoms with van der Waals surface area (Å²) in [5, 5.41) is -0.465. The molecule has 0 spiro atoms. The van der Waals surface area contributed by atoms with E-state index in [1.807, 2.05) is 0 Å². The van der Waals surface area contributed by atoms with Crippen LogP contribution < -0.4 is 0 Å². The Morgan fingerprint density at radius 2 is 2.00 bits per heavy atom. The van der Waals surface area contributed by atoms with Crippen molar-refractivity contribution in [1.82, 2.24) is 0 Å². The molecule has 0 bridgehead atoms. The van der Waals surface area contributed by atoms with E-state index in [-0.39, 0.29) is 16.9 Å². The van der Waals surface area contributed by atoms with Gasteiger partial charge in [-0.3, -0.25) is 9.59 Å². The number of hydrogen-bond acceptors (Lipinski definition) is 2. The molecule has 5 heteroatoms. The molecular formula is C8H3Cl2FO2. The first-order valence-electron chi connectivity index (χ1n) is 3.21. The second-order valence-electron chi connectivity index (χ2n) is 2.20. The highest BCUT2D eigenvalue weighted by atomic mass is 35.5. The van der Waals surface area contributed by atoms with Crippen molar-refractivity contribution in [3.8, 4) is 0 Å². The normalized spacial score (nSPS) is 9.77. The lowest BCUT2D eigenvalue weighted by molar-refractivity contribution is -0.104. The van der Waals surface area contributed by atoms with E-state index >= 15 is 0 Å². The molecule has 68 valence electrons. The molecule has 0 unspecified atom stereocenters. The first kappa shape index (κ1) is 10.2. The van der Waals surface area contributed by atoms with E-state index in [1.54, 1.807) is 0 Å². The van der Waals surface area contributed by atoms with E-state index < -0.39 is 16.6 Å². The molecular weight excluding hydrogens is 218 g/mol. The summed E-state index contributed by atoms with van der Waals surface area (Å²) in [7, 11) is 0. The number of ketones is 1. The third kappa shape index (κ3) is 1.87.